The van der Waals surface area contributed by atoms with Crippen LogP contribution in [0.2, 0.25) is 0 Å². The van der Waals surface area contributed by atoms with Gasteiger partial charge in [-0.05, 0) is 36.8 Å². The fourth-order valence-electron chi connectivity index (χ4n) is 4.74. The lowest BCUT2D eigenvalue weighted by atomic mass is 9.94. The van der Waals surface area contributed by atoms with Crippen LogP contribution in [0.15, 0.2) is 59.6 Å². The Balaban J connectivity index is 1.57. The van der Waals surface area contributed by atoms with E-state index in [1.165, 1.54) is 0 Å². The van der Waals surface area contributed by atoms with E-state index in [1.807, 2.05) is 61.5 Å². The Kier molecular flexibility index (Phi) is 3.54. The van der Waals surface area contributed by atoms with Crippen LogP contribution in [0, 0.1) is 33.5 Å². The number of fused-ring (bicyclic) bond motifs is 2. The topological polar surface area (TPSA) is 114 Å². The lowest BCUT2D eigenvalue weighted by Gasteiger charge is -2.26. The van der Waals surface area contributed by atoms with Gasteiger partial charge in [0.2, 0.25) is 0 Å². The minimum Gasteiger partial charge on any atom is -0.457 e. The Morgan fingerprint density at radius 1 is 1.10 bits per heavy atom. The van der Waals surface area contributed by atoms with E-state index in [1.54, 1.807) is 0 Å². The third kappa shape index (κ3) is 2.04. The van der Waals surface area contributed by atoms with Crippen LogP contribution in [-0.4, -0.2) is 24.5 Å². The first-order chi connectivity index (χ1) is 14.0. The smallest absolute Gasteiger partial charge is 0.293 e. The van der Waals surface area contributed by atoms with E-state index in [0.29, 0.717) is 11.5 Å². The van der Waals surface area contributed by atoms with Crippen LogP contribution in [0.25, 0.3) is 0 Å². The van der Waals surface area contributed by atoms with Crippen molar-refractivity contribution in [3.8, 4) is 23.6 Å². The molecule has 2 aliphatic heterocycles. The second kappa shape index (κ2) is 5.81. The van der Waals surface area contributed by atoms with Crippen molar-refractivity contribution in [1.82, 2.24) is 0 Å². The van der Waals surface area contributed by atoms with Gasteiger partial charge in [0.1, 0.15) is 22.7 Å². The molecule has 29 heavy (non-hydrogen) atoms. The van der Waals surface area contributed by atoms with Crippen molar-refractivity contribution in [2.45, 2.75) is 24.9 Å². The molecule has 1 saturated carbocycles. The van der Waals surface area contributed by atoms with E-state index in [-0.39, 0.29) is 18.5 Å². The SMILES string of the molecule is C[C@@H]1CO[C@]2(N=C(N)[C@@]3(C#N)[C@@H](c4cccc(Oc5ccccc5)c4)[C@@]23C#N)O1. The fraction of sp³-hybridized carbons (Fsp3) is 0.318. The summed E-state index contributed by atoms with van der Waals surface area (Å²) in [6, 6.07) is 21.3. The van der Waals surface area contributed by atoms with Gasteiger partial charge in [-0.1, -0.05) is 30.3 Å². The van der Waals surface area contributed by atoms with E-state index in [0.717, 1.165) is 5.56 Å². The highest BCUT2D eigenvalue weighted by molar-refractivity contribution is 6.00. The first-order valence-electron chi connectivity index (χ1n) is 9.36. The molecule has 5 atom stereocenters. The molecule has 144 valence electrons. The maximum Gasteiger partial charge on any atom is 0.293 e. The number of hydrogen-bond acceptors (Lipinski definition) is 7. The van der Waals surface area contributed by atoms with Crippen LogP contribution in [-0.2, 0) is 9.47 Å². The lowest BCUT2D eigenvalue weighted by molar-refractivity contribution is -0.193. The van der Waals surface area contributed by atoms with Crippen LogP contribution in [0.3, 0.4) is 0 Å². The van der Waals surface area contributed by atoms with Gasteiger partial charge in [0.25, 0.3) is 5.91 Å². The summed E-state index contributed by atoms with van der Waals surface area (Å²) >= 11 is 0. The molecule has 7 heteroatoms. The lowest BCUT2D eigenvalue weighted by Crippen LogP contribution is -2.39. The average Bonchev–Trinajstić information content (AvgIpc) is 3.13. The number of nitriles is 2. The highest BCUT2D eigenvalue weighted by Gasteiger charge is 2.94. The zero-order valence-corrected chi connectivity index (χ0v) is 15.7. The third-order valence-electron chi connectivity index (χ3n) is 5.97. The van der Waals surface area contributed by atoms with Gasteiger partial charge in [0, 0.05) is 5.92 Å². The summed E-state index contributed by atoms with van der Waals surface area (Å²) in [6.45, 7) is 2.12. The molecule has 2 N–H and O–H groups in total. The maximum atomic E-state index is 10.2. The minimum atomic E-state index is -1.55. The number of aliphatic imine (C=N–C) groups is 1. The molecule has 1 saturated heterocycles. The van der Waals surface area contributed by atoms with Gasteiger partial charge in [0.15, 0.2) is 5.41 Å². The van der Waals surface area contributed by atoms with E-state index in [4.69, 9.17) is 19.9 Å². The van der Waals surface area contributed by atoms with Gasteiger partial charge in [-0.3, -0.25) is 0 Å². The quantitative estimate of drug-likeness (QED) is 0.867. The number of amidine groups is 1. The molecule has 7 nitrogen and oxygen atoms in total. The predicted molar refractivity (Wildman–Crippen MR) is 103 cm³/mol. The predicted octanol–water partition coefficient (Wildman–Crippen LogP) is 3.06. The van der Waals surface area contributed by atoms with Crippen molar-refractivity contribution in [3.63, 3.8) is 0 Å². The maximum absolute atomic E-state index is 10.2. The second-order valence-electron chi connectivity index (χ2n) is 7.58. The van der Waals surface area contributed by atoms with Gasteiger partial charge in [-0.2, -0.15) is 10.5 Å². The summed E-state index contributed by atoms with van der Waals surface area (Å²) < 4.78 is 17.7. The summed E-state index contributed by atoms with van der Waals surface area (Å²) in [5.41, 5.74) is 4.32. The number of para-hydroxylation sites is 1. The largest absolute Gasteiger partial charge is 0.457 e. The second-order valence-corrected chi connectivity index (χ2v) is 7.58. The van der Waals surface area contributed by atoms with Gasteiger partial charge in [-0.15, -0.1) is 0 Å². The van der Waals surface area contributed by atoms with Crippen molar-refractivity contribution < 1.29 is 14.2 Å². The van der Waals surface area contributed by atoms with Crippen molar-refractivity contribution in [2.75, 3.05) is 6.61 Å². The highest BCUT2D eigenvalue weighted by atomic mass is 16.8. The van der Waals surface area contributed by atoms with E-state index >= 15 is 0 Å². The molecule has 0 unspecified atom stereocenters. The van der Waals surface area contributed by atoms with Crippen molar-refractivity contribution in [1.29, 1.82) is 10.5 Å². The number of benzene rings is 2. The van der Waals surface area contributed by atoms with Crippen LogP contribution in [0.4, 0.5) is 0 Å². The van der Waals surface area contributed by atoms with Gasteiger partial charge >= 0.3 is 0 Å². The molecule has 0 radical (unpaired) electrons. The molecule has 2 heterocycles. The van der Waals surface area contributed by atoms with Gasteiger partial charge in [0.05, 0.1) is 24.8 Å². The van der Waals surface area contributed by atoms with E-state index in [2.05, 4.69) is 17.1 Å². The summed E-state index contributed by atoms with van der Waals surface area (Å²) in [6.07, 6.45) is -0.250. The Morgan fingerprint density at radius 3 is 2.52 bits per heavy atom. The number of nitrogens with two attached hydrogens (primary N) is 1. The van der Waals surface area contributed by atoms with Crippen LogP contribution < -0.4 is 10.5 Å². The zero-order valence-electron chi connectivity index (χ0n) is 15.7. The summed E-state index contributed by atoms with van der Waals surface area (Å²) in [5.74, 6) is -0.713. The van der Waals surface area contributed by atoms with Crippen molar-refractivity contribution in [3.05, 3.63) is 60.2 Å². The minimum absolute atomic E-state index is 0.0787. The fourth-order valence-corrected chi connectivity index (χ4v) is 4.74. The Bertz CT molecular complexity index is 1110. The third-order valence-corrected chi connectivity index (χ3v) is 5.97. The van der Waals surface area contributed by atoms with Crippen LogP contribution in [0.5, 0.6) is 11.5 Å². The van der Waals surface area contributed by atoms with Crippen LogP contribution in [0.1, 0.15) is 18.4 Å². The Hall–Kier alpha value is -3.39. The van der Waals surface area contributed by atoms with Gasteiger partial charge < -0.3 is 19.9 Å². The molecule has 2 aromatic rings. The number of nitrogens with zero attached hydrogens (tertiary/aromatic N) is 3. The average molecular weight is 386 g/mol. The molecule has 2 aromatic carbocycles. The van der Waals surface area contributed by atoms with E-state index in [9.17, 15) is 10.5 Å². The van der Waals surface area contributed by atoms with Gasteiger partial charge in [-0.25, -0.2) is 4.99 Å². The standard InChI is InChI=1S/C22H18N4O3/c1-14-11-27-22(29-14)21(13-24)18(20(21,12-23)19(25)26-22)15-6-5-9-17(10-15)28-16-7-3-2-4-8-16/h2-10,14,18H,11H2,1H3,(H2,25,26)/t14-,18-,20-,21-,22+/m1/s1. The zero-order chi connectivity index (χ0) is 20.3. The normalized spacial score (nSPS) is 36.7. The van der Waals surface area contributed by atoms with Crippen LogP contribution >= 0.6 is 0 Å². The highest BCUT2D eigenvalue weighted by Crippen LogP contribution is 2.82. The Labute approximate surface area is 167 Å². The van der Waals surface area contributed by atoms with Crippen molar-refractivity contribution in [2.24, 2.45) is 21.6 Å². The molecule has 1 aliphatic carbocycles. The number of rotatable bonds is 3. The summed E-state index contributed by atoms with van der Waals surface area (Å²) in [5, 5.41) is 20.3. The molecule has 3 aliphatic rings. The molecule has 5 rings (SSSR count). The molecule has 1 spiro atoms. The Morgan fingerprint density at radius 2 is 1.86 bits per heavy atom. The molecule has 0 amide bonds. The molecule has 0 aromatic heterocycles. The first kappa shape index (κ1) is 17.7. The monoisotopic (exact) mass is 386 g/mol. The number of ether oxygens (including phenoxy) is 3. The molecular formula is C22H18N4O3. The van der Waals surface area contributed by atoms with E-state index < -0.39 is 22.7 Å². The van der Waals surface area contributed by atoms with Crippen molar-refractivity contribution >= 4 is 5.84 Å². The number of hydrogen-bond donors (Lipinski definition) is 1. The molecule has 2 fully saturated rings. The first-order valence-corrected chi connectivity index (χ1v) is 9.36. The molecular weight excluding hydrogens is 368 g/mol. The summed E-state index contributed by atoms with van der Waals surface area (Å²) in [7, 11) is 0. The summed E-state index contributed by atoms with van der Waals surface area (Å²) in [4.78, 5) is 4.33. The molecule has 0 bridgehead atoms.